The van der Waals surface area contributed by atoms with E-state index in [1.165, 1.54) is 0 Å². The fraction of sp³-hybridized carbons (Fsp3) is 0.875. The van der Waals surface area contributed by atoms with Gasteiger partial charge in [-0.1, -0.05) is 13.8 Å². The molecule has 120 valence electrons. The minimum atomic E-state index is -0.740. The molecule has 0 aromatic rings. The zero-order chi connectivity index (χ0) is 16.3. The molecule has 0 radical (unpaired) electrons. The summed E-state index contributed by atoms with van der Waals surface area (Å²) in [4.78, 5) is 26.6. The summed E-state index contributed by atoms with van der Waals surface area (Å²) < 4.78 is 5.27. The predicted molar refractivity (Wildman–Crippen MR) is 80.9 cm³/mol. The van der Waals surface area contributed by atoms with Crippen LogP contribution in [-0.4, -0.2) is 40.1 Å². The van der Waals surface area contributed by atoms with Crippen LogP contribution in [0.4, 0.5) is 4.79 Å². The van der Waals surface area contributed by atoms with Crippen LogP contribution in [0, 0.1) is 5.41 Å². The van der Waals surface area contributed by atoms with Gasteiger partial charge < -0.3 is 15.0 Å². The first-order chi connectivity index (χ1) is 9.31. The molecule has 1 saturated heterocycles. The highest BCUT2D eigenvalue weighted by atomic mass is 16.6. The average Bonchev–Trinajstić information content (AvgIpc) is 3.03. The smallest absolute Gasteiger partial charge is 0.408 e. The minimum Gasteiger partial charge on any atom is -0.444 e. The van der Waals surface area contributed by atoms with Crippen molar-refractivity contribution in [3.05, 3.63) is 0 Å². The molecule has 2 amide bonds. The predicted octanol–water partition coefficient (Wildman–Crippen LogP) is 2.69. The maximum atomic E-state index is 12.8. The maximum absolute atomic E-state index is 12.8. The van der Waals surface area contributed by atoms with Crippen LogP contribution in [0.1, 0.15) is 61.3 Å². The van der Waals surface area contributed by atoms with Gasteiger partial charge in [0.1, 0.15) is 11.1 Å². The number of ether oxygens (including phenoxy) is 1. The van der Waals surface area contributed by atoms with Crippen LogP contribution in [0.3, 0.4) is 0 Å². The number of carbonyl (C=O) groups excluding carboxylic acids is 2. The van der Waals surface area contributed by atoms with E-state index in [1.807, 2.05) is 25.7 Å². The highest BCUT2D eigenvalue weighted by Gasteiger charge is 2.62. The number of nitrogens with one attached hydrogen (secondary N) is 1. The summed E-state index contributed by atoms with van der Waals surface area (Å²) >= 11 is 0. The molecule has 0 atom stereocenters. The molecule has 0 spiro atoms. The number of hydrogen-bond acceptors (Lipinski definition) is 3. The molecular weight excluding hydrogens is 268 g/mol. The van der Waals surface area contributed by atoms with Gasteiger partial charge in [0.15, 0.2) is 0 Å². The Balaban J connectivity index is 2.02. The fourth-order valence-corrected chi connectivity index (χ4v) is 2.66. The van der Waals surface area contributed by atoms with E-state index in [0.29, 0.717) is 12.8 Å². The van der Waals surface area contributed by atoms with E-state index in [2.05, 4.69) is 33.0 Å². The van der Waals surface area contributed by atoms with E-state index < -0.39 is 17.2 Å². The quantitative estimate of drug-likeness (QED) is 0.852. The van der Waals surface area contributed by atoms with Crippen LogP contribution in [-0.2, 0) is 9.53 Å². The Morgan fingerprint density at radius 1 is 1.10 bits per heavy atom. The van der Waals surface area contributed by atoms with E-state index in [0.717, 1.165) is 6.54 Å². The second kappa shape index (κ2) is 4.37. The Bertz CT molecular complexity index is 470. The van der Waals surface area contributed by atoms with Crippen LogP contribution in [0.5, 0.6) is 0 Å². The van der Waals surface area contributed by atoms with Gasteiger partial charge in [-0.05, 0) is 47.5 Å². The van der Waals surface area contributed by atoms with Gasteiger partial charge in [-0.3, -0.25) is 4.79 Å². The number of nitrogens with zero attached hydrogens (tertiary/aromatic N) is 1. The molecule has 21 heavy (non-hydrogen) atoms. The second-order valence-corrected chi connectivity index (χ2v) is 8.54. The van der Waals surface area contributed by atoms with Gasteiger partial charge in [0, 0.05) is 17.5 Å². The highest BCUT2D eigenvalue weighted by molar-refractivity contribution is 5.94. The van der Waals surface area contributed by atoms with Crippen LogP contribution in [0.25, 0.3) is 0 Å². The van der Waals surface area contributed by atoms with Gasteiger partial charge in [-0.15, -0.1) is 0 Å². The molecule has 0 aromatic heterocycles. The average molecular weight is 296 g/mol. The summed E-state index contributed by atoms with van der Waals surface area (Å²) in [6.07, 6.45) is 0.877. The molecule has 2 rings (SSSR count). The SMILES string of the molecule is CC(C)(C)OC(=O)NC1(C(=O)N2CC(C)(C)C2(C)C)CC1. The Hall–Kier alpha value is -1.26. The number of hydrogen-bond donors (Lipinski definition) is 1. The van der Waals surface area contributed by atoms with Crippen LogP contribution >= 0.6 is 0 Å². The van der Waals surface area contributed by atoms with E-state index in [1.54, 1.807) is 0 Å². The van der Waals surface area contributed by atoms with Crippen molar-refractivity contribution >= 4 is 12.0 Å². The normalized spacial score (nSPS) is 24.8. The molecule has 0 bridgehead atoms. The zero-order valence-corrected chi connectivity index (χ0v) is 14.3. The molecule has 1 aliphatic heterocycles. The van der Waals surface area contributed by atoms with Crippen LogP contribution < -0.4 is 5.32 Å². The zero-order valence-electron chi connectivity index (χ0n) is 14.3. The lowest BCUT2D eigenvalue weighted by atomic mass is 9.65. The van der Waals surface area contributed by atoms with Crippen molar-refractivity contribution in [3.63, 3.8) is 0 Å². The summed E-state index contributed by atoms with van der Waals surface area (Å²) in [6, 6.07) is 0. The van der Waals surface area contributed by atoms with Crippen molar-refractivity contribution < 1.29 is 14.3 Å². The standard InChI is InChI=1S/C16H28N2O3/c1-13(2,3)21-12(20)17-16(8-9-16)11(19)18-10-14(4,5)15(18,6)7/h8-10H2,1-7H3,(H,17,20). The van der Waals surface area contributed by atoms with Gasteiger partial charge in [0.05, 0.1) is 0 Å². The summed E-state index contributed by atoms with van der Waals surface area (Å²) in [6.45, 7) is 14.7. The number of rotatable bonds is 2. The summed E-state index contributed by atoms with van der Waals surface area (Å²) in [7, 11) is 0. The van der Waals surface area contributed by atoms with Crippen molar-refractivity contribution in [2.24, 2.45) is 5.41 Å². The summed E-state index contributed by atoms with van der Waals surface area (Å²) in [5.74, 6) is 0.0256. The van der Waals surface area contributed by atoms with Gasteiger partial charge in [0.25, 0.3) is 0 Å². The lowest BCUT2D eigenvalue weighted by molar-refractivity contribution is -0.170. The largest absolute Gasteiger partial charge is 0.444 e. The number of alkyl carbamates (subject to hydrolysis) is 1. The third-order valence-corrected chi connectivity index (χ3v) is 5.03. The first-order valence-corrected chi connectivity index (χ1v) is 7.64. The van der Waals surface area contributed by atoms with Gasteiger partial charge in [0.2, 0.25) is 5.91 Å². The van der Waals surface area contributed by atoms with Gasteiger partial charge in [-0.2, -0.15) is 0 Å². The fourth-order valence-electron chi connectivity index (χ4n) is 2.66. The van der Waals surface area contributed by atoms with E-state index in [4.69, 9.17) is 4.74 Å². The Morgan fingerprint density at radius 3 is 1.95 bits per heavy atom. The molecule has 5 nitrogen and oxygen atoms in total. The number of likely N-dealkylation sites (tertiary alicyclic amines) is 1. The molecule has 1 aliphatic carbocycles. The molecule has 2 fully saturated rings. The van der Waals surface area contributed by atoms with E-state index >= 15 is 0 Å². The third kappa shape index (κ3) is 2.74. The second-order valence-electron chi connectivity index (χ2n) is 8.54. The lowest BCUT2D eigenvalue weighted by Gasteiger charge is -2.62. The topological polar surface area (TPSA) is 58.6 Å². The summed E-state index contributed by atoms with van der Waals surface area (Å²) in [5.41, 5.74) is -1.38. The third-order valence-electron chi connectivity index (χ3n) is 5.03. The number of amides is 2. The Labute approximate surface area is 127 Å². The Kier molecular flexibility index (Phi) is 3.35. The van der Waals surface area contributed by atoms with Gasteiger partial charge in [-0.25, -0.2) is 4.79 Å². The Morgan fingerprint density at radius 2 is 1.62 bits per heavy atom. The van der Waals surface area contributed by atoms with Crippen molar-refractivity contribution in [2.75, 3.05) is 6.54 Å². The lowest BCUT2D eigenvalue weighted by Crippen LogP contribution is -2.73. The number of carbonyl (C=O) groups is 2. The highest BCUT2D eigenvalue weighted by Crippen LogP contribution is 2.50. The molecule has 5 heteroatoms. The molecule has 1 heterocycles. The molecular formula is C16H28N2O3. The monoisotopic (exact) mass is 296 g/mol. The van der Waals surface area contributed by atoms with Crippen molar-refractivity contribution in [1.82, 2.24) is 10.2 Å². The molecule has 0 aromatic carbocycles. The minimum absolute atomic E-state index is 0.0256. The molecule has 1 N–H and O–H groups in total. The maximum Gasteiger partial charge on any atom is 0.408 e. The molecule has 1 saturated carbocycles. The van der Waals surface area contributed by atoms with Crippen molar-refractivity contribution in [2.45, 2.75) is 78.0 Å². The van der Waals surface area contributed by atoms with E-state index in [9.17, 15) is 9.59 Å². The summed E-state index contributed by atoms with van der Waals surface area (Å²) in [5, 5.41) is 2.79. The molecule has 0 unspecified atom stereocenters. The van der Waals surface area contributed by atoms with Gasteiger partial charge >= 0.3 is 6.09 Å². The van der Waals surface area contributed by atoms with Crippen LogP contribution in [0.15, 0.2) is 0 Å². The van der Waals surface area contributed by atoms with E-state index in [-0.39, 0.29) is 16.9 Å². The van der Waals surface area contributed by atoms with Crippen molar-refractivity contribution in [1.29, 1.82) is 0 Å². The molecule has 2 aliphatic rings. The van der Waals surface area contributed by atoms with Crippen LogP contribution in [0.2, 0.25) is 0 Å². The first-order valence-electron chi connectivity index (χ1n) is 7.64. The first kappa shape index (κ1) is 16.1. The van der Waals surface area contributed by atoms with Crippen molar-refractivity contribution in [3.8, 4) is 0 Å².